The van der Waals surface area contributed by atoms with E-state index in [1.807, 2.05) is 23.9 Å². The van der Waals surface area contributed by atoms with Gasteiger partial charge in [-0.15, -0.1) is 13.2 Å². The van der Waals surface area contributed by atoms with Gasteiger partial charge in [0, 0.05) is 29.7 Å². The number of aromatic nitrogens is 2. The van der Waals surface area contributed by atoms with Crippen LogP contribution >= 0.6 is 23.2 Å². The zero-order valence-electron chi connectivity index (χ0n) is 22.5. The molecule has 9 nitrogen and oxygen atoms in total. The van der Waals surface area contributed by atoms with E-state index in [1.54, 1.807) is 0 Å². The number of likely N-dealkylation sites (tertiary alicyclic amines) is 1. The molecule has 1 unspecified atom stereocenters. The summed E-state index contributed by atoms with van der Waals surface area (Å²) in [7, 11) is 0.0434. The van der Waals surface area contributed by atoms with Crippen molar-refractivity contribution in [1.82, 2.24) is 19.4 Å². The Morgan fingerprint density at radius 2 is 1.85 bits per heavy atom. The van der Waals surface area contributed by atoms with Crippen LogP contribution in [0.15, 0.2) is 38.8 Å². The van der Waals surface area contributed by atoms with Gasteiger partial charge in [-0.05, 0) is 63.3 Å². The maximum atomic E-state index is 13.5. The maximum absolute atomic E-state index is 13.5. The molecule has 0 radical (unpaired) electrons. The van der Waals surface area contributed by atoms with E-state index < -0.39 is 39.7 Å². The van der Waals surface area contributed by atoms with Crippen molar-refractivity contribution in [3.05, 3.63) is 66.3 Å². The molecule has 1 fully saturated rings. The van der Waals surface area contributed by atoms with E-state index in [0.29, 0.717) is 17.7 Å². The van der Waals surface area contributed by atoms with Crippen LogP contribution in [0.1, 0.15) is 30.9 Å². The predicted octanol–water partition coefficient (Wildman–Crippen LogP) is 4.26. The van der Waals surface area contributed by atoms with Gasteiger partial charge in [0.2, 0.25) is 0 Å². The molecule has 2 aromatic carbocycles. The first-order valence-electron chi connectivity index (χ1n) is 12.7. The Bertz CT molecular complexity index is 1690. The molecule has 1 aliphatic heterocycles. The van der Waals surface area contributed by atoms with Gasteiger partial charge in [0.1, 0.15) is 5.75 Å². The number of H-pyrrole nitrogens is 1. The molecule has 0 spiro atoms. The molecule has 0 bridgehead atoms. The normalized spacial score (nSPS) is 16.7. The Kier molecular flexibility index (Phi) is 9.15. The van der Waals surface area contributed by atoms with Crippen LogP contribution in [0.25, 0.3) is 10.9 Å². The molecule has 1 aliphatic rings. The van der Waals surface area contributed by atoms with Crippen LogP contribution in [0.3, 0.4) is 0 Å². The van der Waals surface area contributed by atoms with Gasteiger partial charge in [-0.1, -0.05) is 30.1 Å². The Morgan fingerprint density at radius 3 is 2.49 bits per heavy atom. The summed E-state index contributed by atoms with van der Waals surface area (Å²) < 4.78 is 70.7. The molecule has 1 aromatic heterocycles. The Hall–Kier alpha value is -2.58. The third-order valence-electron chi connectivity index (χ3n) is 7.01. The molecule has 0 amide bonds. The van der Waals surface area contributed by atoms with Gasteiger partial charge in [0.15, 0.2) is 9.84 Å². The van der Waals surface area contributed by atoms with Gasteiger partial charge in [-0.3, -0.25) is 14.3 Å². The summed E-state index contributed by atoms with van der Waals surface area (Å²) in [4.78, 5) is 33.0. The molecule has 0 aliphatic carbocycles. The standard InChI is InChI=1S/C26H29Cl2F3N4O5S/c1-4-41(38,39)21-8-7-16(27)10-15(21)12-35-24(36)18-11-20(40-26(29,30)31)19(22(28)23(18)32-25(35)37)14-34-9-5-6-17(34)13-33(2)3/h7-8,10-11,17H,4-6,9,12-14H2,1-3H3,(H,32,37). The van der Waals surface area contributed by atoms with Crippen LogP contribution in [0.4, 0.5) is 13.2 Å². The van der Waals surface area contributed by atoms with Gasteiger partial charge >= 0.3 is 12.1 Å². The zero-order chi connectivity index (χ0) is 30.3. The third-order valence-corrected chi connectivity index (χ3v) is 9.49. The number of hydrogen-bond acceptors (Lipinski definition) is 7. The largest absolute Gasteiger partial charge is 0.573 e. The van der Waals surface area contributed by atoms with Crippen molar-refractivity contribution in [2.24, 2.45) is 0 Å². The fraction of sp³-hybridized carbons (Fsp3) is 0.462. The predicted molar refractivity (Wildman–Crippen MR) is 151 cm³/mol. The minimum atomic E-state index is -5.08. The lowest BCUT2D eigenvalue weighted by Crippen LogP contribution is -2.38. The molecule has 3 aromatic rings. The van der Waals surface area contributed by atoms with Gasteiger partial charge in [-0.25, -0.2) is 13.2 Å². The SMILES string of the molecule is CCS(=O)(=O)c1ccc(Cl)cc1Cn1c(=O)[nH]c2c(Cl)c(CN3CCCC3CN(C)C)c(OC(F)(F)F)cc2c1=O. The Balaban J connectivity index is 1.87. The fourth-order valence-electron chi connectivity index (χ4n) is 5.11. The van der Waals surface area contributed by atoms with Crippen molar-refractivity contribution in [2.45, 2.75) is 50.2 Å². The van der Waals surface area contributed by atoms with Crippen LogP contribution in [-0.2, 0) is 22.9 Å². The second-order valence-corrected chi connectivity index (χ2v) is 13.2. The van der Waals surface area contributed by atoms with Gasteiger partial charge < -0.3 is 14.6 Å². The maximum Gasteiger partial charge on any atom is 0.573 e. The topological polar surface area (TPSA) is 105 Å². The minimum absolute atomic E-state index is 0.00452. The number of rotatable bonds is 9. The van der Waals surface area contributed by atoms with Gasteiger partial charge in [0.05, 0.1) is 33.1 Å². The number of alkyl halides is 3. The molecular formula is C26H29Cl2F3N4O5S. The number of aromatic amines is 1. The lowest BCUT2D eigenvalue weighted by molar-refractivity contribution is -0.274. The third kappa shape index (κ3) is 6.91. The number of sulfone groups is 1. The molecule has 1 saturated heterocycles. The second-order valence-electron chi connectivity index (χ2n) is 10.1. The van der Waals surface area contributed by atoms with Crippen LogP contribution in [0.2, 0.25) is 10.0 Å². The Morgan fingerprint density at radius 1 is 1.15 bits per heavy atom. The highest BCUT2D eigenvalue weighted by Gasteiger charge is 2.35. The summed E-state index contributed by atoms with van der Waals surface area (Å²) in [6, 6.07) is 4.93. The summed E-state index contributed by atoms with van der Waals surface area (Å²) in [5.74, 6) is -0.897. The minimum Gasteiger partial charge on any atom is -0.405 e. The van der Waals surface area contributed by atoms with Gasteiger partial charge in [0.25, 0.3) is 5.56 Å². The number of ether oxygens (including phenoxy) is 1. The van der Waals surface area contributed by atoms with E-state index in [9.17, 15) is 31.2 Å². The van der Waals surface area contributed by atoms with Crippen molar-refractivity contribution >= 4 is 43.9 Å². The van der Waals surface area contributed by atoms with E-state index in [4.69, 9.17) is 23.2 Å². The monoisotopic (exact) mass is 636 g/mol. The molecular weight excluding hydrogens is 608 g/mol. The van der Waals surface area contributed by atoms with Crippen molar-refractivity contribution < 1.29 is 26.3 Å². The quantitative estimate of drug-likeness (QED) is 0.374. The molecule has 4 rings (SSSR count). The second kappa shape index (κ2) is 12.0. The van der Waals surface area contributed by atoms with Crippen LogP contribution in [0, 0.1) is 0 Å². The number of halogens is 5. The first-order valence-corrected chi connectivity index (χ1v) is 15.2. The molecule has 2 heterocycles. The summed E-state index contributed by atoms with van der Waals surface area (Å²) in [6.07, 6.45) is -3.38. The lowest BCUT2D eigenvalue weighted by atomic mass is 10.1. The summed E-state index contributed by atoms with van der Waals surface area (Å²) in [5, 5.41) is -0.398. The van der Waals surface area contributed by atoms with E-state index in [-0.39, 0.29) is 55.3 Å². The van der Waals surface area contributed by atoms with Gasteiger partial charge in [-0.2, -0.15) is 0 Å². The van der Waals surface area contributed by atoms with E-state index in [1.165, 1.54) is 25.1 Å². The first-order chi connectivity index (χ1) is 19.1. The Labute approximate surface area is 244 Å². The summed E-state index contributed by atoms with van der Waals surface area (Å²) >= 11 is 12.7. The van der Waals surface area contributed by atoms with Crippen molar-refractivity contribution in [3.8, 4) is 5.75 Å². The highest BCUT2D eigenvalue weighted by molar-refractivity contribution is 7.91. The van der Waals surface area contributed by atoms with Crippen LogP contribution in [-0.4, -0.2) is 73.1 Å². The van der Waals surface area contributed by atoms with Crippen molar-refractivity contribution in [1.29, 1.82) is 0 Å². The number of likely N-dealkylation sites (N-methyl/N-ethyl adjacent to an activating group) is 1. The van der Waals surface area contributed by atoms with Crippen LogP contribution < -0.4 is 16.0 Å². The molecule has 0 saturated carbocycles. The number of nitrogens with zero attached hydrogens (tertiary/aromatic N) is 3. The smallest absolute Gasteiger partial charge is 0.405 e. The highest BCUT2D eigenvalue weighted by atomic mass is 35.5. The van der Waals surface area contributed by atoms with E-state index in [0.717, 1.165) is 18.9 Å². The molecule has 1 N–H and O–H groups in total. The summed E-state index contributed by atoms with van der Waals surface area (Å²) in [6.45, 7) is 2.24. The summed E-state index contributed by atoms with van der Waals surface area (Å²) in [5.41, 5.74) is -1.98. The zero-order valence-corrected chi connectivity index (χ0v) is 24.8. The average Bonchev–Trinajstić information content (AvgIpc) is 3.29. The molecule has 1 atom stereocenters. The molecule has 224 valence electrons. The average molecular weight is 638 g/mol. The number of nitrogens with one attached hydrogen (secondary N) is 1. The molecule has 15 heteroatoms. The number of fused-ring (bicyclic) bond motifs is 1. The van der Waals surface area contributed by atoms with E-state index >= 15 is 0 Å². The lowest BCUT2D eigenvalue weighted by Gasteiger charge is -2.28. The molecule has 41 heavy (non-hydrogen) atoms. The van der Waals surface area contributed by atoms with Crippen LogP contribution in [0.5, 0.6) is 5.75 Å². The fourth-order valence-corrected chi connectivity index (χ4v) is 6.72. The first kappa shape index (κ1) is 31.4. The number of hydrogen-bond donors (Lipinski definition) is 1. The van der Waals surface area contributed by atoms with Crippen molar-refractivity contribution in [2.75, 3.05) is 32.9 Å². The number of benzene rings is 2. The van der Waals surface area contributed by atoms with E-state index in [2.05, 4.69) is 9.72 Å². The van der Waals surface area contributed by atoms with Crippen molar-refractivity contribution in [3.63, 3.8) is 0 Å². The highest BCUT2D eigenvalue weighted by Crippen LogP contribution is 2.37.